The van der Waals surface area contributed by atoms with Crippen LogP contribution in [0.3, 0.4) is 0 Å². The minimum atomic E-state index is -2.26. The van der Waals surface area contributed by atoms with Crippen LogP contribution in [0.2, 0.25) is 16.6 Å². The van der Waals surface area contributed by atoms with Gasteiger partial charge in [0.1, 0.15) is 49.5 Å². The lowest BCUT2D eigenvalue weighted by Crippen LogP contribution is -2.44. The Morgan fingerprint density at radius 1 is 1.02 bits per heavy atom. The van der Waals surface area contributed by atoms with Crippen LogP contribution in [-0.4, -0.2) is 120 Å². The van der Waals surface area contributed by atoms with E-state index in [1.807, 2.05) is 40.4 Å². The summed E-state index contributed by atoms with van der Waals surface area (Å²) in [6.45, 7) is 18.1. The van der Waals surface area contributed by atoms with Gasteiger partial charge in [-0.2, -0.15) is 15.1 Å². The summed E-state index contributed by atoms with van der Waals surface area (Å²) in [4.78, 5) is 14.4. The number of anilines is 1. The van der Waals surface area contributed by atoms with E-state index in [0.717, 1.165) is 41.2 Å². The Morgan fingerprint density at radius 2 is 1.77 bits per heavy atom. The summed E-state index contributed by atoms with van der Waals surface area (Å²) in [7, 11) is 3.12. The molecule has 0 amide bonds. The number of halogens is 2. The van der Waals surface area contributed by atoms with Gasteiger partial charge >= 0.3 is 6.01 Å². The second kappa shape index (κ2) is 16.4. The first-order valence-electron chi connectivity index (χ1n) is 21.7. The number of ether oxygens (including phenoxy) is 4. The Morgan fingerprint density at radius 3 is 2.49 bits per heavy atom. The molecule has 0 bridgehead atoms. The highest BCUT2D eigenvalue weighted by molar-refractivity contribution is 6.90. The molecule has 3 aliphatic heterocycles. The van der Waals surface area contributed by atoms with Gasteiger partial charge in [-0.25, -0.2) is 8.78 Å². The molecule has 6 heterocycles. The molecule has 61 heavy (non-hydrogen) atoms. The maximum Gasteiger partial charge on any atom is 0.320 e. The van der Waals surface area contributed by atoms with Gasteiger partial charge in [-0.1, -0.05) is 53.5 Å². The first kappa shape index (κ1) is 43.3. The first-order chi connectivity index (χ1) is 29.0. The molecule has 0 saturated carbocycles. The van der Waals surface area contributed by atoms with Gasteiger partial charge in [-0.3, -0.25) is 9.58 Å². The third kappa shape index (κ3) is 7.56. The summed E-state index contributed by atoms with van der Waals surface area (Å²) in [6, 6.07) is 7.20. The second-order valence-electron chi connectivity index (χ2n) is 18.8. The van der Waals surface area contributed by atoms with Crippen molar-refractivity contribution in [3.05, 3.63) is 35.6 Å². The van der Waals surface area contributed by atoms with Crippen LogP contribution in [0.4, 0.5) is 14.6 Å². The Labute approximate surface area is 358 Å². The minimum Gasteiger partial charge on any atom is -0.468 e. The largest absolute Gasteiger partial charge is 0.468 e. The molecule has 328 valence electrons. The molecule has 3 atom stereocenters. The van der Waals surface area contributed by atoms with E-state index in [-0.39, 0.29) is 32.6 Å². The highest BCUT2D eigenvalue weighted by Crippen LogP contribution is 2.45. The molecular formula is C46H61F2N7O5Si. The monoisotopic (exact) mass is 857 g/mol. The molecule has 3 saturated heterocycles. The Kier molecular flexibility index (Phi) is 11.7. The SMILES string of the molecule is COCOc1cc(-c2nn(C)c3c4c(N5CCOC[C@@](C)(O)C5)nc(OC[C@@]56CCCN5C[C@H](F)C6)nc4n(C)c23)c2c(C#C[Si](C(C)C)(C(C)C)C(C)C)c(F)ccc2c1. The number of aryl methyl sites for hydroxylation is 2. The van der Waals surface area contributed by atoms with Gasteiger partial charge in [-0.05, 0) is 66.5 Å². The predicted molar refractivity (Wildman–Crippen MR) is 238 cm³/mol. The zero-order valence-electron chi connectivity index (χ0n) is 37.4. The van der Waals surface area contributed by atoms with E-state index in [2.05, 4.69) is 57.9 Å². The van der Waals surface area contributed by atoms with Crippen LogP contribution in [0.5, 0.6) is 11.8 Å². The van der Waals surface area contributed by atoms with Gasteiger partial charge in [0, 0.05) is 51.7 Å². The van der Waals surface area contributed by atoms with Crippen LogP contribution in [-0.2, 0) is 23.6 Å². The summed E-state index contributed by atoms with van der Waals surface area (Å²) in [5.74, 6) is 4.16. The third-order valence-electron chi connectivity index (χ3n) is 13.7. The van der Waals surface area contributed by atoms with Crippen LogP contribution < -0.4 is 14.4 Å². The van der Waals surface area contributed by atoms with Crippen LogP contribution in [0.1, 0.15) is 73.3 Å². The van der Waals surface area contributed by atoms with E-state index in [1.165, 1.54) is 6.07 Å². The predicted octanol–water partition coefficient (Wildman–Crippen LogP) is 7.91. The number of β-amino-alcohol motifs (C(OH)–C–C–N with tert-alkyl or cyclic N) is 1. The Balaban J connectivity index is 1.37. The lowest BCUT2D eigenvalue weighted by Gasteiger charge is -2.38. The molecule has 5 aromatic rings. The zero-order valence-corrected chi connectivity index (χ0v) is 38.4. The van der Waals surface area contributed by atoms with Crippen molar-refractivity contribution < 1.29 is 32.8 Å². The standard InChI is InChI=1S/C46H61F2N7O5Si/c1-28(2)61(29(3)4,30(5)6)19-14-34-36(48)13-12-31-20-33(60-27-57-10)21-35(37(31)34)39-41-40(53(9)51-39)38-42(52(41)8)49-44(50-43(38)54-17-18-58-25-45(7,56)24-54)59-26-46-15-11-16-55(46)23-32(47)22-46/h12-13,20-21,28-30,32,56H,11,15-18,22-27H2,1-10H3/t32-,45+,46+/m1/s1. The average molecular weight is 858 g/mol. The van der Waals surface area contributed by atoms with E-state index in [0.29, 0.717) is 82.2 Å². The number of fused-ring (bicyclic) bond motifs is 5. The van der Waals surface area contributed by atoms with Crippen LogP contribution >= 0.6 is 0 Å². The van der Waals surface area contributed by atoms with E-state index >= 15 is 4.39 Å². The number of rotatable bonds is 11. The normalized spacial score (nSPS) is 22.6. The van der Waals surface area contributed by atoms with Crippen molar-refractivity contribution >= 4 is 46.7 Å². The van der Waals surface area contributed by atoms with Gasteiger partial charge in [-0.15, -0.1) is 5.54 Å². The number of methoxy groups -OCH3 is 1. The van der Waals surface area contributed by atoms with Crippen LogP contribution in [0, 0.1) is 17.3 Å². The maximum atomic E-state index is 16.5. The summed E-state index contributed by atoms with van der Waals surface area (Å²) >= 11 is 0. The lowest BCUT2D eigenvalue weighted by atomic mass is 9.95. The molecule has 12 nitrogen and oxygen atoms in total. The van der Waals surface area contributed by atoms with Crippen molar-refractivity contribution in [2.45, 2.75) is 102 Å². The smallest absolute Gasteiger partial charge is 0.320 e. The number of hydrogen-bond donors (Lipinski definition) is 1. The maximum absolute atomic E-state index is 16.5. The van der Waals surface area contributed by atoms with E-state index < -0.39 is 31.2 Å². The second-order valence-corrected chi connectivity index (χ2v) is 24.4. The molecule has 0 aliphatic carbocycles. The Bertz CT molecular complexity index is 2500. The van der Waals surface area contributed by atoms with E-state index in [1.54, 1.807) is 20.1 Å². The fourth-order valence-electron chi connectivity index (χ4n) is 10.9. The molecule has 3 fully saturated rings. The third-order valence-corrected chi connectivity index (χ3v) is 19.9. The number of aliphatic hydroxyl groups is 1. The van der Waals surface area contributed by atoms with Crippen molar-refractivity contribution in [1.29, 1.82) is 0 Å². The quantitative estimate of drug-likeness (QED) is 0.0800. The van der Waals surface area contributed by atoms with Gasteiger partial charge in [0.25, 0.3) is 0 Å². The highest BCUT2D eigenvalue weighted by atomic mass is 28.3. The molecule has 3 aromatic heterocycles. The molecule has 8 rings (SSSR count). The van der Waals surface area contributed by atoms with Crippen LogP contribution in [0.15, 0.2) is 24.3 Å². The average Bonchev–Trinajstić information content (AvgIpc) is 3.89. The number of alkyl halides is 1. The zero-order chi connectivity index (χ0) is 43.6. The van der Waals surface area contributed by atoms with Gasteiger partial charge in [0.2, 0.25) is 0 Å². The summed E-state index contributed by atoms with van der Waals surface area (Å²) in [5.41, 5.74) is 6.92. The van der Waals surface area contributed by atoms with E-state index in [9.17, 15) is 9.50 Å². The van der Waals surface area contributed by atoms with Gasteiger partial charge < -0.3 is 33.5 Å². The van der Waals surface area contributed by atoms with Gasteiger partial charge in [0.05, 0.1) is 47.3 Å². The van der Waals surface area contributed by atoms with Crippen molar-refractivity contribution in [2.24, 2.45) is 14.1 Å². The fraction of sp³-hybridized carbons (Fsp3) is 0.587. The molecular weight excluding hydrogens is 797 g/mol. The molecule has 0 unspecified atom stereocenters. The summed E-state index contributed by atoms with van der Waals surface area (Å²) < 4.78 is 58.8. The molecule has 0 radical (unpaired) electrons. The molecule has 3 aliphatic rings. The fourth-order valence-corrected chi connectivity index (χ4v) is 16.1. The topological polar surface area (TPSA) is 112 Å². The van der Waals surface area contributed by atoms with E-state index in [4.69, 9.17) is 34.0 Å². The molecule has 15 heteroatoms. The van der Waals surface area contributed by atoms with Crippen molar-refractivity contribution in [2.75, 3.05) is 64.8 Å². The minimum absolute atomic E-state index is 0.0197. The molecule has 2 aromatic carbocycles. The first-order valence-corrected chi connectivity index (χ1v) is 23.9. The number of hydrogen-bond acceptors (Lipinski definition) is 10. The number of aromatic nitrogens is 5. The summed E-state index contributed by atoms with van der Waals surface area (Å²) in [5, 5.41) is 18.7. The van der Waals surface area contributed by atoms with Gasteiger partial charge in [0.15, 0.2) is 12.4 Å². The molecule has 1 N–H and O–H groups in total. The molecule has 0 spiro atoms. The Hall–Kier alpha value is -4.33. The van der Waals surface area contributed by atoms with Crippen molar-refractivity contribution in [3.8, 4) is 34.5 Å². The summed E-state index contributed by atoms with van der Waals surface area (Å²) in [6.07, 6.45) is 1.36. The number of benzene rings is 2. The van der Waals surface area contributed by atoms with Crippen molar-refractivity contribution in [3.63, 3.8) is 0 Å². The van der Waals surface area contributed by atoms with Crippen LogP contribution in [0.25, 0.3) is 44.1 Å². The highest BCUT2D eigenvalue weighted by Gasteiger charge is 2.49. The van der Waals surface area contributed by atoms with Crippen molar-refractivity contribution in [1.82, 2.24) is 29.2 Å². The lowest BCUT2D eigenvalue weighted by molar-refractivity contribution is -0.0123. The number of nitrogens with zero attached hydrogens (tertiary/aromatic N) is 7.